The zero-order valence-corrected chi connectivity index (χ0v) is 21.8. The van der Waals surface area contributed by atoms with Crippen molar-refractivity contribution in [3.8, 4) is 11.5 Å². The molecule has 0 unspecified atom stereocenters. The van der Waals surface area contributed by atoms with E-state index in [-0.39, 0.29) is 17.6 Å². The lowest BCUT2D eigenvalue weighted by Crippen LogP contribution is -2.54. The first-order valence-corrected chi connectivity index (χ1v) is 12.5. The average molecular weight is 573 g/mol. The topological polar surface area (TPSA) is 103 Å². The fraction of sp³-hybridized carbons (Fsp3) is 0.269. The molecule has 4 atom stereocenters. The second-order valence-corrected chi connectivity index (χ2v) is 10.2. The van der Waals surface area contributed by atoms with Gasteiger partial charge in [0.05, 0.1) is 17.5 Å². The minimum absolute atomic E-state index is 0.258. The molecule has 1 spiro atoms. The van der Waals surface area contributed by atoms with E-state index in [1.165, 1.54) is 7.11 Å². The molecule has 2 aliphatic heterocycles. The number of para-hydroxylation sites is 1. The van der Waals surface area contributed by atoms with Gasteiger partial charge >= 0.3 is 0 Å². The van der Waals surface area contributed by atoms with Gasteiger partial charge in [-0.3, -0.25) is 20.2 Å². The number of halogens is 2. The Bertz CT molecular complexity index is 1370. The normalized spacial score (nSPS) is 24.4. The lowest BCUT2D eigenvalue weighted by atomic mass is 9.78. The molecule has 0 aliphatic carbocycles. The van der Waals surface area contributed by atoms with E-state index < -0.39 is 23.4 Å². The van der Waals surface area contributed by atoms with Crippen LogP contribution in [0.1, 0.15) is 29.5 Å². The fourth-order valence-corrected chi connectivity index (χ4v) is 6.20. The summed E-state index contributed by atoms with van der Waals surface area (Å²) in [6.07, 6.45) is 0. The minimum Gasteiger partial charge on any atom is -0.493 e. The third-order valence-electron chi connectivity index (χ3n) is 6.87. The Kier molecular flexibility index (Phi) is 6.40. The molecule has 36 heavy (non-hydrogen) atoms. The summed E-state index contributed by atoms with van der Waals surface area (Å²) < 4.78 is 12.2. The van der Waals surface area contributed by atoms with Crippen LogP contribution in [-0.4, -0.2) is 30.0 Å². The van der Waals surface area contributed by atoms with Crippen molar-refractivity contribution < 1.29 is 19.2 Å². The first kappa shape index (κ1) is 24.5. The predicted molar refractivity (Wildman–Crippen MR) is 139 cm³/mol. The van der Waals surface area contributed by atoms with Crippen molar-refractivity contribution in [3.05, 3.63) is 97.0 Å². The Labute approximate surface area is 221 Å². The van der Waals surface area contributed by atoms with Crippen molar-refractivity contribution in [2.24, 2.45) is 0 Å². The number of hydrogen-bond donors (Lipinski definition) is 2. The van der Waals surface area contributed by atoms with Gasteiger partial charge in [0.25, 0.3) is 11.9 Å². The molecule has 0 radical (unpaired) electrons. The van der Waals surface area contributed by atoms with Crippen LogP contribution in [0.4, 0.5) is 5.69 Å². The maximum absolute atomic E-state index is 13.2. The maximum Gasteiger partial charge on any atom is 0.256 e. The first-order valence-electron chi connectivity index (χ1n) is 11.3. The SMILES string of the molecule is COc1cc([C@@H]2[C@H](C)N[C@@]3(C(=O)Nc4ccccc43)[C@H]2[N+](=O)[O-])cc(Br)c1OCc1cccc(Cl)c1. The van der Waals surface area contributed by atoms with Gasteiger partial charge in [-0.15, -0.1) is 0 Å². The summed E-state index contributed by atoms with van der Waals surface area (Å²) in [5.74, 6) is -0.152. The molecule has 5 rings (SSSR count). The van der Waals surface area contributed by atoms with Crippen LogP contribution in [0.3, 0.4) is 0 Å². The van der Waals surface area contributed by atoms with Gasteiger partial charge in [0.1, 0.15) is 6.61 Å². The molecule has 3 aromatic carbocycles. The van der Waals surface area contributed by atoms with Crippen LogP contribution in [0, 0.1) is 10.1 Å². The second kappa shape index (κ2) is 9.38. The molecule has 8 nitrogen and oxygen atoms in total. The van der Waals surface area contributed by atoms with Gasteiger partial charge in [-0.25, -0.2) is 0 Å². The number of anilines is 1. The number of carbonyl (C=O) groups is 1. The molecule has 10 heteroatoms. The van der Waals surface area contributed by atoms with Gasteiger partial charge in [-0.1, -0.05) is 41.9 Å². The molecule has 2 aliphatic rings. The predicted octanol–water partition coefficient (Wildman–Crippen LogP) is 5.26. The van der Waals surface area contributed by atoms with E-state index in [0.717, 1.165) is 5.56 Å². The molecule has 1 saturated heterocycles. The monoisotopic (exact) mass is 571 g/mol. The zero-order valence-electron chi connectivity index (χ0n) is 19.5. The summed E-state index contributed by atoms with van der Waals surface area (Å²) in [5, 5.41) is 19.3. The number of ether oxygens (including phenoxy) is 2. The quantitative estimate of drug-likeness (QED) is 0.309. The molecule has 0 saturated carbocycles. The van der Waals surface area contributed by atoms with Crippen LogP contribution >= 0.6 is 27.5 Å². The van der Waals surface area contributed by atoms with Crippen molar-refractivity contribution in [1.29, 1.82) is 0 Å². The summed E-state index contributed by atoms with van der Waals surface area (Å²) in [6, 6.07) is 16.3. The molecular weight excluding hydrogens is 550 g/mol. The highest BCUT2D eigenvalue weighted by Gasteiger charge is 2.67. The van der Waals surface area contributed by atoms with E-state index >= 15 is 0 Å². The Morgan fingerprint density at radius 3 is 2.67 bits per heavy atom. The number of benzene rings is 3. The molecule has 1 fully saturated rings. The van der Waals surface area contributed by atoms with Gasteiger partial charge < -0.3 is 14.8 Å². The number of methoxy groups -OCH3 is 1. The number of fused-ring (bicyclic) bond motifs is 2. The summed E-state index contributed by atoms with van der Waals surface area (Å²) >= 11 is 9.64. The first-order chi connectivity index (χ1) is 17.3. The van der Waals surface area contributed by atoms with Gasteiger partial charge in [-0.2, -0.15) is 0 Å². The van der Waals surface area contributed by atoms with Crippen molar-refractivity contribution in [2.75, 3.05) is 12.4 Å². The highest BCUT2D eigenvalue weighted by molar-refractivity contribution is 9.10. The van der Waals surface area contributed by atoms with E-state index in [0.29, 0.717) is 37.8 Å². The smallest absolute Gasteiger partial charge is 0.256 e. The Morgan fingerprint density at radius 2 is 1.94 bits per heavy atom. The van der Waals surface area contributed by atoms with E-state index in [2.05, 4.69) is 26.6 Å². The van der Waals surface area contributed by atoms with Gasteiger partial charge in [0.2, 0.25) is 0 Å². The van der Waals surface area contributed by atoms with Gasteiger partial charge in [0.15, 0.2) is 17.0 Å². The van der Waals surface area contributed by atoms with Gasteiger partial charge in [0, 0.05) is 27.2 Å². The van der Waals surface area contributed by atoms with Gasteiger partial charge in [-0.05, 0) is 64.3 Å². The number of nitro groups is 1. The average Bonchev–Trinajstić information content (AvgIpc) is 3.31. The van der Waals surface area contributed by atoms with Crippen LogP contribution in [0.2, 0.25) is 5.02 Å². The largest absolute Gasteiger partial charge is 0.493 e. The Hall–Kier alpha value is -3.14. The number of amides is 1. The van der Waals surface area contributed by atoms with Crippen LogP contribution in [0.25, 0.3) is 0 Å². The van der Waals surface area contributed by atoms with Crippen molar-refractivity contribution in [2.45, 2.75) is 37.1 Å². The molecule has 0 bridgehead atoms. The van der Waals surface area contributed by atoms with E-state index in [1.54, 1.807) is 42.5 Å². The van der Waals surface area contributed by atoms with E-state index in [9.17, 15) is 14.9 Å². The number of nitrogens with zero attached hydrogens (tertiary/aromatic N) is 1. The standard InChI is InChI=1S/C26H23BrClN3O5/c1-14-22(24(31(33)34)26(30-14)18-8-3-4-9-20(18)29-25(26)32)16-11-19(27)23(21(12-16)35-2)36-13-15-6-5-7-17(28)10-15/h3-12,14,22,24,30H,13H2,1-2H3,(H,29,32)/t14-,22-,24-,26+/m0/s1. The van der Waals surface area contributed by atoms with Crippen LogP contribution < -0.4 is 20.1 Å². The lowest BCUT2D eigenvalue weighted by molar-refractivity contribution is -0.532. The highest BCUT2D eigenvalue weighted by Crippen LogP contribution is 2.51. The zero-order chi connectivity index (χ0) is 25.6. The molecular formula is C26H23BrClN3O5. The Morgan fingerprint density at radius 1 is 1.17 bits per heavy atom. The molecule has 1 amide bonds. The van der Waals surface area contributed by atoms with Crippen molar-refractivity contribution >= 4 is 39.1 Å². The molecule has 0 aromatic heterocycles. The molecule has 186 valence electrons. The van der Waals surface area contributed by atoms with Crippen LogP contribution in [0.5, 0.6) is 11.5 Å². The highest BCUT2D eigenvalue weighted by atomic mass is 79.9. The molecule has 2 N–H and O–H groups in total. The maximum atomic E-state index is 13.2. The summed E-state index contributed by atoms with van der Waals surface area (Å²) in [6.45, 7) is 2.11. The number of nitrogens with one attached hydrogen (secondary N) is 2. The fourth-order valence-electron chi connectivity index (χ4n) is 5.41. The summed E-state index contributed by atoms with van der Waals surface area (Å²) in [5.41, 5.74) is 1.22. The van der Waals surface area contributed by atoms with E-state index in [4.69, 9.17) is 21.1 Å². The minimum atomic E-state index is -1.48. The summed E-state index contributed by atoms with van der Waals surface area (Å²) in [4.78, 5) is 25.4. The number of hydrogen-bond acceptors (Lipinski definition) is 6. The third-order valence-corrected chi connectivity index (χ3v) is 7.70. The number of rotatable bonds is 6. The number of carbonyl (C=O) groups excluding carboxylic acids is 1. The van der Waals surface area contributed by atoms with Crippen LogP contribution in [0.15, 0.2) is 65.1 Å². The van der Waals surface area contributed by atoms with Crippen molar-refractivity contribution in [3.63, 3.8) is 0 Å². The van der Waals surface area contributed by atoms with Crippen molar-refractivity contribution in [1.82, 2.24) is 5.32 Å². The Balaban J connectivity index is 1.53. The lowest BCUT2D eigenvalue weighted by Gasteiger charge is -2.25. The molecule has 2 heterocycles. The second-order valence-electron chi connectivity index (χ2n) is 8.95. The van der Waals surface area contributed by atoms with E-state index in [1.807, 2.05) is 25.1 Å². The third kappa shape index (κ3) is 3.91. The summed E-state index contributed by atoms with van der Waals surface area (Å²) in [7, 11) is 1.52. The molecule has 3 aromatic rings. The van der Waals surface area contributed by atoms with Crippen LogP contribution in [-0.2, 0) is 16.9 Å².